The summed E-state index contributed by atoms with van der Waals surface area (Å²) in [6, 6.07) is 4.37. The highest BCUT2D eigenvalue weighted by atomic mass is 79.9. The van der Waals surface area contributed by atoms with Gasteiger partial charge in [0.25, 0.3) is 0 Å². The first kappa shape index (κ1) is 11.6. The van der Waals surface area contributed by atoms with Crippen LogP contribution in [-0.2, 0) is 0 Å². The third-order valence-corrected chi connectivity index (χ3v) is 3.41. The van der Waals surface area contributed by atoms with Crippen LogP contribution >= 0.6 is 27.5 Å². The van der Waals surface area contributed by atoms with E-state index < -0.39 is 0 Å². The summed E-state index contributed by atoms with van der Waals surface area (Å²) in [5, 5.41) is 8.21. The lowest BCUT2D eigenvalue weighted by atomic mass is 10.2. The summed E-state index contributed by atoms with van der Waals surface area (Å²) in [4.78, 5) is 3.91. The number of halogens is 3. The van der Waals surface area contributed by atoms with Gasteiger partial charge in [-0.15, -0.1) is 10.2 Å². The molecule has 0 saturated heterocycles. The van der Waals surface area contributed by atoms with Gasteiger partial charge >= 0.3 is 0 Å². The van der Waals surface area contributed by atoms with Gasteiger partial charge in [-0.3, -0.25) is 4.40 Å². The SMILES string of the molecule is Fc1ccc(Br)c(-c2nnc3c(Cl)nccn23)c1. The Bertz CT molecular complexity index is 743. The van der Waals surface area contributed by atoms with Crippen LogP contribution in [0.1, 0.15) is 0 Å². The minimum absolute atomic E-state index is 0.253. The molecular formula is C11H5BrClFN4. The van der Waals surface area contributed by atoms with Crippen molar-refractivity contribution in [3.05, 3.63) is 46.0 Å². The predicted octanol–water partition coefficient (Wildman–Crippen LogP) is 3.35. The second-order valence-electron chi connectivity index (χ2n) is 3.56. The molecule has 0 bridgehead atoms. The fourth-order valence-electron chi connectivity index (χ4n) is 1.65. The average Bonchev–Trinajstić information content (AvgIpc) is 2.77. The van der Waals surface area contributed by atoms with Crippen molar-refractivity contribution < 1.29 is 4.39 Å². The summed E-state index contributed by atoms with van der Waals surface area (Å²) in [6.07, 6.45) is 3.21. The Hall–Kier alpha value is -1.53. The molecule has 0 aliphatic heterocycles. The number of benzene rings is 1. The summed E-state index contributed by atoms with van der Waals surface area (Å²) in [5.74, 6) is 0.158. The minimum atomic E-state index is -0.342. The third kappa shape index (κ3) is 1.77. The molecule has 0 spiro atoms. The van der Waals surface area contributed by atoms with E-state index in [1.165, 1.54) is 18.3 Å². The summed E-state index contributed by atoms with van der Waals surface area (Å²) >= 11 is 9.27. The highest BCUT2D eigenvalue weighted by molar-refractivity contribution is 9.10. The third-order valence-electron chi connectivity index (χ3n) is 2.45. The normalized spacial score (nSPS) is 11.1. The molecular weight excluding hydrogens is 323 g/mol. The number of rotatable bonds is 1. The van der Waals surface area contributed by atoms with Crippen LogP contribution in [-0.4, -0.2) is 19.6 Å². The van der Waals surface area contributed by atoms with Crippen molar-refractivity contribution in [3.63, 3.8) is 0 Å². The van der Waals surface area contributed by atoms with Gasteiger partial charge in [-0.25, -0.2) is 9.37 Å². The first-order valence-corrected chi connectivity index (χ1v) is 6.14. The number of fused-ring (bicyclic) bond motifs is 1. The molecule has 0 fully saturated rings. The number of aromatic nitrogens is 4. The van der Waals surface area contributed by atoms with E-state index in [0.29, 0.717) is 17.0 Å². The molecule has 0 N–H and O–H groups in total. The van der Waals surface area contributed by atoms with E-state index in [1.807, 2.05) is 0 Å². The molecule has 0 saturated carbocycles. The van der Waals surface area contributed by atoms with Crippen molar-refractivity contribution in [1.29, 1.82) is 0 Å². The van der Waals surface area contributed by atoms with E-state index in [9.17, 15) is 4.39 Å². The lowest BCUT2D eigenvalue weighted by Crippen LogP contribution is -1.92. The lowest BCUT2D eigenvalue weighted by Gasteiger charge is -2.03. The Kier molecular flexibility index (Phi) is 2.76. The molecule has 18 heavy (non-hydrogen) atoms. The molecule has 1 aromatic carbocycles. The molecule has 7 heteroatoms. The highest BCUT2D eigenvalue weighted by Crippen LogP contribution is 2.28. The minimum Gasteiger partial charge on any atom is -0.278 e. The van der Waals surface area contributed by atoms with Gasteiger partial charge in [0.1, 0.15) is 5.82 Å². The Morgan fingerprint density at radius 3 is 2.94 bits per heavy atom. The molecule has 0 unspecified atom stereocenters. The summed E-state index contributed by atoms with van der Waals surface area (Å²) < 4.78 is 15.7. The van der Waals surface area contributed by atoms with E-state index in [2.05, 4.69) is 31.1 Å². The Morgan fingerprint density at radius 1 is 1.28 bits per heavy atom. The molecule has 0 aliphatic carbocycles. The van der Waals surface area contributed by atoms with E-state index in [0.717, 1.165) is 4.47 Å². The van der Waals surface area contributed by atoms with Gasteiger partial charge in [0, 0.05) is 22.4 Å². The van der Waals surface area contributed by atoms with Crippen molar-refractivity contribution in [2.75, 3.05) is 0 Å². The molecule has 4 nitrogen and oxygen atoms in total. The molecule has 2 heterocycles. The lowest BCUT2D eigenvalue weighted by molar-refractivity contribution is 0.628. The zero-order valence-corrected chi connectivity index (χ0v) is 11.2. The maximum Gasteiger partial charge on any atom is 0.198 e. The van der Waals surface area contributed by atoms with Crippen LogP contribution in [0.2, 0.25) is 5.15 Å². The van der Waals surface area contributed by atoms with Crippen molar-refractivity contribution in [1.82, 2.24) is 19.6 Å². The molecule has 0 radical (unpaired) electrons. The highest BCUT2D eigenvalue weighted by Gasteiger charge is 2.13. The summed E-state index contributed by atoms with van der Waals surface area (Å²) in [7, 11) is 0. The number of hydrogen-bond acceptors (Lipinski definition) is 3. The monoisotopic (exact) mass is 326 g/mol. The average molecular weight is 328 g/mol. The first-order chi connectivity index (χ1) is 8.66. The number of nitrogens with zero attached hydrogens (tertiary/aromatic N) is 4. The smallest absolute Gasteiger partial charge is 0.198 e. The van der Waals surface area contributed by atoms with Crippen molar-refractivity contribution in [3.8, 4) is 11.4 Å². The topological polar surface area (TPSA) is 43.1 Å². The Labute approximate surface area is 115 Å². The fraction of sp³-hybridized carbons (Fsp3) is 0. The largest absolute Gasteiger partial charge is 0.278 e. The quantitative estimate of drug-likeness (QED) is 0.688. The molecule has 90 valence electrons. The molecule has 3 rings (SSSR count). The van der Waals surface area contributed by atoms with Crippen LogP contribution in [0.4, 0.5) is 4.39 Å². The first-order valence-electron chi connectivity index (χ1n) is 4.97. The van der Waals surface area contributed by atoms with Crippen LogP contribution in [0.5, 0.6) is 0 Å². The molecule has 0 atom stereocenters. The van der Waals surface area contributed by atoms with Crippen LogP contribution < -0.4 is 0 Å². The predicted molar refractivity (Wildman–Crippen MR) is 68.9 cm³/mol. The van der Waals surface area contributed by atoms with Gasteiger partial charge < -0.3 is 0 Å². The van der Waals surface area contributed by atoms with Crippen molar-refractivity contribution in [2.24, 2.45) is 0 Å². The fourth-order valence-corrected chi connectivity index (χ4v) is 2.26. The van der Waals surface area contributed by atoms with E-state index in [1.54, 1.807) is 16.7 Å². The second kappa shape index (κ2) is 4.29. The Balaban J connectivity index is 2.32. The number of hydrogen-bond donors (Lipinski definition) is 0. The van der Waals surface area contributed by atoms with E-state index in [4.69, 9.17) is 11.6 Å². The standard InChI is InChI=1S/C11H5BrClFN4/c12-8-2-1-6(14)5-7(8)10-16-17-11-9(13)15-3-4-18(10)11/h1-5H. The van der Waals surface area contributed by atoms with Gasteiger partial charge in [0.15, 0.2) is 16.6 Å². The van der Waals surface area contributed by atoms with E-state index >= 15 is 0 Å². The maximum absolute atomic E-state index is 13.3. The van der Waals surface area contributed by atoms with E-state index in [-0.39, 0.29) is 11.0 Å². The second-order valence-corrected chi connectivity index (χ2v) is 4.77. The van der Waals surface area contributed by atoms with Crippen molar-refractivity contribution in [2.45, 2.75) is 0 Å². The van der Waals surface area contributed by atoms with Crippen LogP contribution in [0, 0.1) is 5.82 Å². The van der Waals surface area contributed by atoms with Gasteiger partial charge in [-0.05, 0) is 18.2 Å². The van der Waals surface area contributed by atoms with Crippen LogP contribution in [0.25, 0.3) is 17.0 Å². The van der Waals surface area contributed by atoms with Gasteiger partial charge in [-0.1, -0.05) is 27.5 Å². The molecule has 2 aromatic heterocycles. The zero-order chi connectivity index (χ0) is 12.7. The van der Waals surface area contributed by atoms with Crippen LogP contribution in [0.15, 0.2) is 35.1 Å². The molecule has 3 aromatic rings. The Morgan fingerprint density at radius 2 is 2.11 bits per heavy atom. The molecule has 0 amide bonds. The summed E-state index contributed by atoms with van der Waals surface area (Å²) in [5.41, 5.74) is 1.04. The summed E-state index contributed by atoms with van der Waals surface area (Å²) in [6.45, 7) is 0. The maximum atomic E-state index is 13.3. The van der Waals surface area contributed by atoms with Gasteiger partial charge in [0.2, 0.25) is 0 Å². The van der Waals surface area contributed by atoms with Crippen LogP contribution in [0.3, 0.4) is 0 Å². The van der Waals surface area contributed by atoms with Gasteiger partial charge in [0.05, 0.1) is 0 Å². The molecule has 0 aliphatic rings. The van der Waals surface area contributed by atoms with Gasteiger partial charge in [-0.2, -0.15) is 0 Å². The van der Waals surface area contributed by atoms with Crippen molar-refractivity contribution >= 4 is 33.2 Å². The zero-order valence-electron chi connectivity index (χ0n) is 8.81.